The predicted octanol–water partition coefficient (Wildman–Crippen LogP) is 4.72. The number of fused-ring (bicyclic) bond motifs is 1. The highest BCUT2D eigenvalue weighted by Crippen LogP contribution is 2.37. The number of hydrogen-bond acceptors (Lipinski definition) is 2. The van der Waals surface area contributed by atoms with Crippen molar-refractivity contribution in [2.45, 2.75) is 63.3 Å². The largest absolute Gasteiger partial charge is 0.338 e. The van der Waals surface area contributed by atoms with Crippen molar-refractivity contribution < 1.29 is 4.79 Å². The second kappa shape index (κ2) is 7.28. The van der Waals surface area contributed by atoms with Gasteiger partial charge in [-0.1, -0.05) is 35.2 Å². The number of amides is 1. The van der Waals surface area contributed by atoms with Gasteiger partial charge in [0, 0.05) is 22.8 Å². The average molecular weight is 370 g/mol. The maximum Gasteiger partial charge on any atom is 0.230 e. The minimum absolute atomic E-state index is 0.126. The second-order valence-corrected chi connectivity index (χ2v) is 8.05. The maximum absolute atomic E-state index is 13.2. The standard InChI is InChI=1S/C17H24BrNOS/c18-10-11-19(13-5-2-1-3-6-13)17(20)15-7-4-8-16-14(15)9-12-21-16/h9,12-13,15H,1-8,10-11H2. The number of carbonyl (C=O) groups is 1. The van der Waals surface area contributed by atoms with Crippen LogP contribution in [0, 0.1) is 0 Å². The fourth-order valence-electron chi connectivity index (χ4n) is 3.90. The van der Waals surface area contributed by atoms with E-state index < -0.39 is 0 Å². The summed E-state index contributed by atoms with van der Waals surface area (Å²) in [6, 6.07) is 2.67. The van der Waals surface area contributed by atoms with E-state index in [1.54, 1.807) is 0 Å². The molecule has 0 bridgehead atoms. The molecule has 1 fully saturated rings. The van der Waals surface area contributed by atoms with E-state index in [2.05, 4.69) is 32.3 Å². The van der Waals surface area contributed by atoms with Gasteiger partial charge in [-0.15, -0.1) is 11.3 Å². The van der Waals surface area contributed by atoms with E-state index in [0.717, 1.165) is 24.7 Å². The topological polar surface area (TPSA) is 20.3 Å². The van der Waals surface area contributed by atoms with Crippen LogP contribution < -0.4 is 0 Å². The lowest BCUT2D eigenvalue weighted by Crippen LogP contribution is -2.45. The van der Waals surface area contributed by atoms with Crippen LogP contribution in [0.5, 0.6) is 0 Å². The lowest BCUT2D eigenvalue weighted by molar-refractivity contribution is -0.135. The smallest absolute Gasteiger partial charge is 0.230 e. The van der Waals surface area contributed by atoms with Gasteiger partial charge in [0.1, 0.15) is 0 Å². The molecule has 0 aromatic carbocycles. The molecule has 116 valence electrons. The zero-order chi connectivity index (χ0) is 14.7. The van der Waals surface area contributed by atoms with Crippen LogP contribution in [0.15, 0.2) is 11.4 Å². The molecule has 1 aromatic rings. The van der Waals surface area contributed by atoms with Gasteiger partial charge in [0.2, 0.25) is 5.91 Å². The molecule has 1 aromatic heterocycles. The Kier molecular flexibility index (Phi) is 5.38. The van der Waals surface area contributed by atoms with Crippen LogP contribution in [0.25, 0.3) is 0 Å². The van der Waals surface area contributed by atoms with Crippen LogP contribution in [-0.2, 0) is 11.2 Å². The normalized spacial score (nSPS) is 22.8. The molecule has 1 unspecified atom stereocenters. The fraction of sp³-hybridized carbons (Fsp3) is 0.706. The quantitative estimate of drug-likeness (QED) is 0.702. The lowest BCUT2D eigenvalue weighted by Gasteiger charge is -2.37. The Labute approximate surface area is 140 Å². The first-order valence-corrected chi connectivity index (χ1v) is 10.2. The second-order valence-electron chi connectivity index (χ2n) is 6.26. The molecule has 0 aliphatic heterocycles. The zero-order valence-electron chi connectivity index (χ0n) is 12.5. The Morgan fingerprint density at radius 2 is 2.05 bits per heavy atom. The van der Waals surface area contributed by atoms with Gasteiger partial charge in [-0.25, -0.2) is 0 Å². The van der Waals surface area contributed by atoms with Crippen LogP contribution in [0.3, 0.4) is 0 Å². The molecule has 1 heterocycles. The number of hydrogen-bond donors (Lipinski definition) is 0. The third kappa shape index (κ3) is 3.37. The lowest BCUT2D eigenvalue weighted by atomic mass is 9.85. The molecule has 2 nitrogen and oxygen atoms in total. The molecule has 2 aliphatic carbocycles. The molecular weight excluding hydrogens is 346 g/mol. The summed E-state index contributed by atoms with van der Waals surface area (Å²) < 4.78 is 0. The summed E-state index contributed by atoms with van der Waals surface area (Å²) in [4.78, 5) is 16.8. The Balaban J connectivity index is 1.78. The van der Waals surface area contributed by atoms with Gasteiger partial charge >= 0.3 is 0 Å². The van der Waals surface area contributed by atoms with Crippen molar-refractivity contribution in [2.75, 3.05) is 11.9 Å². The van der Waals surface area contributed by atoms with Gasteiger partial charge in [0.25, 0.3) is 0 Å². The van der Waals surface area contributed by atoms with Gasteiger partial charge in [-0.05, 0) is 49.1 Å². The van der Waals surface area contributed by atoms with Crippen molar-refractivity contribution in [3.63, 3.8) is 0 Å². The summed E-state index contributed by atoms with van der Waals surface area (Å²) >= 11 is 5.37. The van der Waals surface area contributed by atoms with E-state index >= 15 is 0 Å². The third-order valence-corrected chi connectivity index (χ3v) is 6.33. The number of nitrogens with zero attached hydrogens (tertiary/aromatic N) is 1. The van der Waals surface area contributed by atoms with Crippen molar-refractivity contribution in [1.82, 2.24) is 4.90 Å². The third-order valence-electron chi connectivity index (χ3n) is 4.97. The SMILES string of the molecule is O=C(C1CCCc2sccc21)N(CCBr)C1CCCCC1. The van der Waals surface area contributed by atoms with E-state index in [-0.39, 0.29) is 5.92 Å². The van der Waals surface area contributed by atoms with Crippen molar-refractivity contribution >= 4 is 33.2 Å². The maximum atomic E-state index is 13.2. The van der Waals surface area contributed by atoms with E-state index in [1.807, 2.05) is 11.3 Å². The van der Waals surface area contributed by atoms with Gasteiger partial charge in [0.05, 0.1) is 5.92 Å². The van der Waals surface area contributed by atoms with E-state index in [4.69, 9.17) is 0 Å². The van der Waals surface area contributed by atoms with Crippen molar-refractivity contribution in [1.29, 1.82) is 0 Å². The van der Waals surface area contributed by atoms with Gasteiger partial charge in [-0.2, -0.15) is 0 Å². The Hall–Kier alpha value is -0.350. The number of thiophene rings is 1. The van der Waals surface area contributed by atoms with E-state index in [1.165, 1.54) is 49.0 Å². The van der Waals surface area contributed by atoms with Crippen LogP contribution in [0.2, 0.25) is 0 Å². The average Bonchev–Trinajstić information content (AvgIpc) is 3.01. The molecule has 0 saturated heterocycles. The monoisotopic (exact) mass is 369 g/mol. The summed E-state index contributed by atoms with van der Waals surface area (Å²) in [5.74, 6) is 0.515. The zero-order valence-corrected chi connectivity index (χ0v) is 14.9. The molecule has 0 radical (unpaired) electrons. The molecule has 2 aliphatic rings. The molecule has 0 N–H and O–H groups in total. The fourth-order valence-corrected chi connectivity index (χ4v) is 5.27. The molecule has 0 spiro atoms. The van der Waals surface area contributed by atoms with Crippen LogP contribution >= 0.6 is 27.3 Å². The first-order chi connectivity index (χ1) is 10.3. The van der Waals surface area contributed by atoms with Crippen molar-refractivity contribution in [3.8, 4) is 0 Å². The van der Waals surface area contributed by atoms with E-state index in [9.17, 15) is 4.79 Å². The van der Waals surface area contributed by atoms with Gasteiger partial charge < -0.3 is 4.90 Å². The van der Waals surface area contributed by atoms with Crippen LogP contribution in [0.4, 0.5) is 0 Å². The first kappa shape index (κ1) is 15.5. The number of alkyl halides is 1. The number of halogens is 1. The summed E-state index contributed by atoms with van der Waals surface area (Å²) in [6.45, 7) is 0.861. The minimum Gasteiger partial charge on any atom is -0.338 e. The highest BCUT2D eigenvalue weighted by atomic mass is 79.9. The molecule has 1 amide bonds. The molecule has 1 atom stereocenters. The molecular formula is C17H24BrNOS. The van der Waals surface area contributed by atoms with Crippen molar-refractivity contribution in [2.24, 2.45) is 0 Å². The van der Waals surface area contributed by atoms with Gasteiger partial charge in [-0.3, -0.25) is 4.79 Å². The Morgan fingerprint density at radius 3 is 2.81 bits per heavy atom. The number of aryl methyl sites for hydroxylation is 1. The first-order valence-electron chi connectivity index (χ1n) is 8.24. The van der Waals surface area contributed by atoms with E-state index in [0.29, 0.717) is 11.9 Å². The highest BCUT2D eigenvalue weighted by Gasteiger charge is 2.33. The Bertz CT molecular complexity index is 481. The molecule has 3 rings (SSSR count). The van der Waals surface area contributed by atoms with Crippen LogP contribution in [0.1, 0.15) is 61.3 Å². The van der Waals surface area contributed by atoms with Gasteiger partial charge in [0.15, 0.2) is 0 Å². The molecule has 1 saturated carbocycles. The molecule has 4 heteroatoms. The molecule has 21 heavy (non-hydrogen) atoms. The highest BCUT2D eigenvalue weighted by molar-refractivity contribution is 9.09. The number of rotatable bonds is 4. The Morgan fingerprint density at radius 1 is 1.24 bits per heavy atom. The minimum atomic E-state index is 0.126. The number of carbonyl (C=O) groups excluding carboxylic acids is 1. The predicted molar refractivity (Wildman–Crippen MR) is 92.4 cm³/mol. The summed E-state index contributed by atoms with van der Waals surface area (Å²) in [6.07, 6.45) is 9.66. The van der Waals surface area contributed by atoms with Crippen molar-refractivity contribution in [3.05, 3.63) is 21.9 Å². The summed E-state index contributed by atoms with van der Waals surface area (Å²) in [7, 11) is 0. The summed E-state index contributed by atoms with van der Waals surface area (Å²) in [5, 5.41) is 3.05. The summed E-state index contributed by atoms with van der Waals surface area (Å²) in [5.41, 5.74) is 1.33. The van der Waals surface area contributed by atoms with Crippen LogP contribution in [-0.4, -0.2) is 28.7 Å².